The predicted molar refractivity (Wildman–Crippen MR) is 220 cm³/mol. The first-order chi connectivity index (χ1) is 27.1. The highest BCUT2D eigenvalue weighted by atomic mass is 35.5. The Morgan fingerprint density at radius 3 is 2.34 bits per heavy atom. The quantitative estimate of drug-likeness (QED) is 0.268. The molecule has 11 nitrogen and oxygen atoms in total. The summed E-state index contributed by atoms with van der Waals surface area (Å²) in [6.07, 6.45) is 9.70. The van der Waals surface area contributed by atoms with Crippen molar-refractivity contribution in [3.05, 3.63) is 94.4 Å². The van der Waals surface area contributed by atoms with E-state index in [0.717, 1.165) is 106 Å². The largest absolute Gasteiger partial charge is 0.371 e. The Balaban J connectivity index is 0.773. The lowest BCUT2D eigenvalue weighted by molar-refractivity contribution is -0.126. The van der Waals surface area contributed by atoms with Gasteiger partial charge in [0.15, 0.2) is 10.8 Å². The third kappa shape index (κ3) is 6.34. The van der Waals surface area contributed by atoms with E-state index in [-0.39, 0.29) is 28.4 Å². The Bertz CT molecular complexity index is 2170. The molecule has 6 heterocycles. The molecule has 13 heteroatoms. The number of aromatic nitrogens is 1. The minimum absolute atomic E-state index is 0.0468. The zero-order valence-corrected chi connectivity index (χ0v) is 33.0. The number of amides is 3. The summed E-state index contributed by atoms with van der Waals surface area (Å²) in [5.41, 5.74) is 5.68. The summed E-state index contributed by atoms with van der Waals surface area (Å²) < 4.78 is 0. The number of thiocarbonyl (C=S) groups is 1. The van der Waals surface area contributed by atoms with E-state index in [2.05, 4.69) is 63.1 Å². The Kier molecular flexibility index (Phi) is 9.59. The molecule has 1 aliphatic carbocycles. The first kappa shape index (κ1) is 36.8. The number of carbonyl (C=O) groups is 3. The van der Waals surface area contributed by atoms with Gasteiger partial charge in [-0.05, 0) is 136 Å². The number of nitrogens with one attached hydrogen (secondary N) is 1. The van der Waals surface area contributed by atoms with Crippen molar-refractivity contribution in [2.24, 2.45) is 5.92 Å². The molecule has 2 aromatic carbocycles. The molecule has 0 bridgehead atoms. The number of nitriles is 1. The molecule has 3 amide bonds. The summed E-state index contributed by atoms with van der Waals surface area (Å²) >= 11 is 12.2. The van der Waals surface area contributed by atoms with Crippen molar-refractivity contribution in [2.45, 2.75) is 81.8 Å². The zero-order valence-electron chi connectivity index (χ0n) is 31.4. The molecule has 1 spiro atoms. The molecule has 56 heavy (non-hydrogen) atoms. The van der Waals surface area contributed by atoms with Crippen molar-refractivity contribution in [3.8, 4) is 6.07 Å². The van der Waals surface area contributed by atoms with Crippen molar-refractivity contribution in [1.29, 1.82) is 5.26 Å². The number of hydrogen-bond donors (Lipinski definition) is 1. The first-order valence-corrected chi connectivity index (χ1v) is 20.7. The molecule has 0 radical (unpaired) electrons. The fourth-order valence-corrected chi connectivity index (χ4v) is 10.4. The maximum atomic E-state index is 13.9. The molecular weight excluding hydrogens is 744 g/mol. The van der Waals surface area contributed by atoms with Crippen molar-refractivity contribution >= 4 is 63.7 Å². The normalized spacial score (nSPS) is 23.1. The van der Waals surface area contributed by atoms with Crippen LogP contribution in [0.25, 0.3) is 0 Å². The van der Waals surface area contributed by atoms with Crippen LogP contribution in [0, 0.1) is 17.2 Å². The Hall–Kier alpha value is -4.83. The van der Waals surface area contributed by atoms with Crippen LogP contribution in [0.4, 0.5) is 17.1 Å². The fourth-order valence-electron chi connectivity index (χ4n) is 9.74. The van der Waals surface area contributed by atoms with Gasteiger partial charge < -0.3 is 24.9 Å². The topological polar surface area (TPSA) is 116 Å². The number of hydrogen-bond acceptors (Lipinski definition) is 8. The standard InChI is InChI=1S/C43H45ClN8O3S/c1-27-3-10-38(39(53)47-27)50-26-31-6-9-33(21-35(31)40(50)54)49-19-11-28(12-20-49)25-48-17-13-30(14-18-48)29-4-7-32(8-5-29)52-42(56)51(41(55)43(52)15-2-16-43)34-22-36(44)37(23-45)46-24-34/h4-9,21-22,24,28,30,38H,1-3,10-20,25-26H2,(H,47,53). The van der Waals surface area contributed by atoms with E-state index >= 15 is 0 Å². The second-order valence-electron chi connectivity index (χ2n) is 16.3. The van der Waals surface area contributed by atoms with Gasteiger partial charge in [-0.1, -0.05) is 36.4 Å². The Morgan fingerprint density at radius 2 is 1.68 bits per heavy atom. The van der Waals surface area contributed by atoms with Crippen molar-refractivity contribution in [2.75, 3.05) is 47.4 Å². The van der Waals surface area contributed by atoms with Gasteiger partial charge in [0.25, 0.3) is 11.8 Å². The number of anilines is 3. The number of benzene rings is 2. The summed E-state index contributed by atoms with van der Waals surface area (Å²) in [6.45, 7) is 9.57. The number of pyridine rings is 1. The number of halogens is 1. The number of likely N-dealkylation sites (tertiary alicyclic amines) is 1. The van der Waals surface area contributed by atoms with Crippen LogP contribution >= 0.6 is 23.8 Å². The Labute approximate surface area is 337 Å². The molecule has 1 aromatic heterocycles. The van der Waals surface area contributed by atoms with Crippen LogP contribution < -0.4 is 20.0 Å². The van der Waals surface area contributed by atoms with E-state index in [1.54, 1.807) is 11.0 Å². The summed E-state index contributed by atoms with van der Waals surface area (Å²) in [6, 6.07) is 18.0. The molecule has 3 aromatic rings. The Morgan fingerprint density at radius 1 is 0.946 bits per heavy atom. The number of rotatable bonds is 7. The molecule has 1 unspecified atom stereocenters. The molecule has 1 saturated carbocycles. The predicted octanol–water partition coefficient (Wildman–Crippen LogP) is 6.51. The number of nitrogens with zero attached hydrogens (tertiary/aromatic N) is 7. The number of allylic oxidation sites excluding steroid dienone is 1. The average molecular weight is 789 g/mol. The van der Waals surface area contributed by atoms with Crippen LogP contribution in [0.1, 0.15) is 90.9 Å². The smallest absolute Gasteiger partial charge is 0.259 e. The first-order valence-electron chi connectivity index (χ1n) is 19.9. The van der Waals surface area contributed by atoms with Crippen LogP contribution in [0.15, 0.2) is 67.0 Å². The molecule has 1 N–H and O–H groups in total. The van der Waals surface area contributed by atoms with Crippen molar-refractivity contribution < 1.29 is 14.4 Å². The summed E-state index contributed by atoms with van der Waals surface area (Å²) in [5.74, 6) is 0.891. The average Bonchev–Trinajstić information content (AvgIpc) is 3.64. The van der Waals surface area contributed by atoms with Gasteiger partial charge in [0, 0.05) is 48.8 Å². The van der Waals surface area contributed by atoms with Gasteiger partial charge >= 0.3 is 0 Å². The fraction of sp³-hybridized carbons (Fsp3) is 0.442. The van der Waals surface area contributed by atoms with Gasteiger partial charge in [-0.15, -0.1) is 0 Å². The molecule has 4 saturated heterocycles. The highest BCUT2D eigenvalue weighted by Crippen LogP contribution is 2.48. The molecule has 6 aliphatic rings. The minimum atomic E-state index is -0.700. The van der Waals surface area contributed by atoms with Crippen LogP contribution in [0.3, 0.4) is 0 Å². The van der Waals surface area contributed by atoms with E-state index in [1.165, 1.54) is 16.7 Å². The van der Waals surface area contributed by atoms with Gasteiger partial charge in [-0.25, -0.2) is 4.98 Å². The van der Waals surface area contributed by atoms with Gasteiger partial charge in [-0.3, -0.25) is 19.3 Å². The monoisotopic (exact) mass is 788 g/mol. The lowest BCUT2D eigenvalue weighted by Crippen LogP contribution is -2.55. The third-order valence-corrected chi connectivity index (χ3v) is 13.8. The molecule has 9 rings (SSSR count). The maximum Gasteiger partial charge on any atom is 0.259 e. The van der Waals surface area contributed by atoms with Gasteiger partial charge in [0.1, 0.15) is 17.6 Å². The van der Waals surface area contributed by atoms with E-state index in [9.17, 15) is 19.6 Å². The van der Waals surface area contributed by atoms with Crippen LogP contribution in [-0.4, -0.2) is 81.9 Å². The number of carbonyl (C=O) groups excluding carboxylic acids is 3. The van der Waals surface area contributed by atoms with E-state index in [4.69, 9.17) is 23.8 Å². The summed E-state index contributed by atoms with van der Waals surface area (Å²) in [7, 11) is 0. The highest BCUT2D eigenvalue weighted by molar-refractivity contribution is 7.81. The van der Waals surface area contributed by atoms with Crippen LogP contribution in [0.5, 0.6) is 0 Å². The number of piperidine rings is 3. The minimum Gasteiger partial charge on any atom is -0.371 e. The van der Waals surface area contributed by atoms with Gasteiger partial charge in [0.05, 0.1) is 16.9 Å². The summed E-state index contributed by atoms with van der Waals surface area (Å²) in [5, 5.41) is 12.7. The van der Waals surface area contributed by atoms with E-state index < -0.39 is 11.6 Å². The number of fused-ring (bicyclic) bond motifs is 1. The second kappa shape index (κ2) is 14.6. The third-order valence-electron chi connectivity index (χ3n) is 13.1. The SMILES string of the molecule is C=C1CCC(N2Cc3ccc(N4CCC(CN5CCC(c6ccc(N7C(=S)N(c8cnc(C#N)c(Cl)c8)C(=O)C78CCC8)cc6)CC5)CC4)cc3C2=O)C(=O)N1. The van der Waals surface area contributed by atoms with Crippen LogP contribution in [-0.2, 0) is 16.1 Å². The molecular formula is C43H45ClN8O3S. The molecule has 1 atom stereocenters. The van der Waals surface area contributed by atoms with Crippen molar-refractivity contribution in [1.82, 2.24) is 20.1 Å². The highest BCUT2D eigenvalue weighted by Gasteiger charge is 2.59. The second-order valence-corrected chi connectivity index (χ2v) is 17.1. The van der Waals surface area contributed by atoms with Gasteiger partial charge in [0.2, 0.25) is 5.91 Å². The van der Waals surface area contributed by atoms with Crippen molar-refractivity contribution in [3.63, 3.8) is 0 Å². The summed E-state index contributed by atoms with van der Waals surface area (Å²) in [4.78, 5) is 54.4. The lowest BCUT2D eigenvalue weighted by atomic mass is 9.75. The maximum absolute atomic E-state index is 13.9. The van der Waals surface area contributed by atoms with E-state index in [0.29, 0.717) is 42.0 Å². The van der Waals surface area contributed by atoms with E-state index in [1.807, 2.05) is 17.0 Å². The van der Waals surface area contributed by atoms with Crippen LogP contribution in [0.2, 0.25) is 5.02 Å². The molecule has 5 fully saturated rings. The molecule has 5 aliphatic heterocycles. The zero-order chi connectivity index (χ0) is 38.7. The molecule has 288 valence electrons. The van der Waals surface area contributed by atoms with Gasteiger partial charge in [-0.2, -0.15) is 5.26 Å². The lowest BCUT2D eigenvalue weighted by Gasteiger charge is -2.43.